The van der Waals surface area contributed by atoms with E-state index in [9.17, 15) is 19.3 Å². The van der Waals surface area contributed by atoms with Crippen LogP contribution in [-0.2, 0) is 16.9 Å². The zero-order chi connectivity index (χ0) is 24.7. The van der Waals surface area contributed by atoms with Crippen LogP contribution in [0.15, 0.2) is 66.7 Å². The van der Waals surface area contributed by atoms with E-state index in [4.69, 9.17) is 9.47 Å². The molecular formula is C26H24FN3O5. The molecule has 0 unspecified atom stereocenters. The molecule has 5 rings (SSSR count). The number of fused-ring (bicyclic) bond motifs is 2. The first-order valence-corrected chi connectivity index (χ1v) is 11.2. The molecule has 2 aliphatic rings. The molecule has 1 fully saturated rings. The smallest absolute Gasteiger partial charge is 0.256 e. The van der Waals surface area contributed by atoms with Crippen molar-refractivity contribution in [1.29, 1.82) is 0 Å². The standard InChI is InChI=1S/C26H24FN3O5/c1-15-23(24(30(32)33)26(29-15)18-8-4-6-10-20(18)28-25(26)31)16-11-12-21(22(13-16)34-2)35-14-17-7-3-5-9-19(17)27/h3-13,15,23-24,29H,14H2,1-2H3,(H,28,31)/t15-,23-,24+,26+/m0/s1. The second-order valence-corrected chi connectivity index (χ2v) is 8.79. The van der Waals surface area contributed by atoms with Crippen molar-refractivity contribution in [3.8, 4) is 11.5 Å². The molecule has 9 heteroatoms. The maximum absolute atomic E-state index is 14.0. The van der Waals surface area contributed by atoms with Crippen molar-refractivity contribution >= 4 is 11.6 Å². The van der Waals surface area contributed by atoms with Gasteiger partial charge in [0.1, 0.15) is 12.4 Å². The fraction of sp³-hybridized carbons (Fsp3) is 0.269. The Hall–Kier alpha value is -3.98. The summed E-state index contributed by atoms with van der Waals surface area (Å²) in [7, 11) is 1.47. The van der Waals surface area contributed by atoms with E-state index in [0.717, 1.165) is 0 Å². The highest BCUT2D eigenvalue weighted by atomic mass is 19.1. The van der Waals surface area contributed by atoms with Crippen LogP contribution < -0.4 is 20.1 Å². The predicted octanol–water partition coefficient (Wildman–Crippen LogP) is 3.98. The van der Waals surface area contributed by atoms with Crippen molar-refractivity contribution in [3.63, 3.8) is 0 Å². The van der Waals surface area contributed by atoms with Crippen LogP contribution in [0.1, 0.15) is 29.5 Å². The Balaban J connectivity index is 1.50. The van der Waals surface area contributed by atoms with Gasteiger partial charge in [0.15, 0.2) is 17.0 Å². The number of methoxy groups -OCH3 is 1. The number of ether oxygens (including phenoxy) is 2. The maximum atomic E-state index is 14.0. The van der Waals surface area contributed by atoms with E-state index >= 15 is 0 Å². The number of halogens is 1. The number of para-hydroxylation sites is 1. The lowest BCUT2D eigenvalue weighted by Gasteiger charge is -2.25. The third-order valence-corrected chi connectivity index (χ3v) is 6.88. The predicted molar refractivity (Wildman–Crippen MR) is 127 cm³/mol. The molecule has 0 saturated carbocycles. The van der Waals surface area contributed by atoms with E-state index in [1.54, 1.807) is 60.7 Å². The minimum absolute atomic E-state index is 0.00135. The van der Waals surface area contributed by atoms with Crippen molar-refractivity contribution in [2.75, 3.05) is 12.4 Å². The van der Waals surface area contributed by atoms with E-state index in [-0.39, 0.29) is 17.3 Å². The first-order chi connectivity index (χ1) is 16.9. The number of benzene rings is 3. The number of nitrogens with zero attached hydrogens (tertiary/aromatic N) is 1. The van der Waals surface area contributed by atoms with Gasteiger partial charge in [-0.25, -0.2) is 4.39 Å². The summed E-state index contributed by atoms with van der Waals surface area (Å²) in [6.45, 7) is 1.83. The fourth-order valence-electron chi connectivity index (χ4n) is 5.34. The van der Waals surface area contributed by atoms with Crippen LogP contribution in [0, 0.1) is 15.9 Å². The summed E-state index contributed by atoms with van der Waals surface area (Å²) in [5, 5.41) is 18.5. The fourth-order valence-corrected chi connectivity index (χ4v) is 5.34. The Labute approximate surface area is 201 Å². The van der Waals surface area contributed by atoms with Crippen molar-refractivity contribution in [3.05, 3.63) is 99.4 Å². The average molecular weight is 477 g/mol. The zero-order valence-corrected chi connectivity index (χ0v) is 19.2. The van der Waals surface area contributed by atoms with Gasteiger partial charge in [0.05, 0.1) is 13.0 Å². The highest BCUT2D eigenvalue weighted by Gasteiger charge is 2.67. The number of hydrogen-bond acceptors (Lipinski definition) is 6. The molecule has 3 aromatic rings. The second-order valence-electron chi connectivity index (χ2n) is 8.79. The zero-order valence-electron chi connectivity index (χ0n) is 19.2. The van der Waals surface area contributed by atoms with Crippen LogP contribution in [0.2, 0.25) is 0 Å². The number of anilines is 1. The minimum Gasteiger partial charge on any atom is -0.493 e. The molecule has 2 heterocycles. The number of carbonyl (C=O) groups is 1. The maximum Gasteiger partial charge on any atom is 0.256 e. The van der Waals surface area contributed by atoms with E-state index in [0.29, 0.717) is 33.9 Å². The third-order valence-electron chi connectivity index (χ3n) is 6.88. The van der Waals surface area contributed by atoms with Gasteiger partial charge in [0.25, 0.3) is 11.9 Å². The lowest BCUT2D eigenvalue weighted by molar-refractivity contribution is -0.532. The van der Waals surface area contributed by atoms with Crippen molar-refractivity contribution in [1.82, 2.24) is 5.32 Å². The molecule has 0 radical (unpaired) electrons. The molecule has 35 heavy (non-hydrogen) atoms. The Bertz CT molecular complexity index is 1320. The summed E-state index contributed by atoms with van der Waals surface area (Å²) in [5.74, 6) is -0.689. The van der Waals surface area contributed by atoms with Gasteiger partial charge in [0, 0.05) is 27.8 Å². The van der Waals surface area contributed by atoms with Gasteiger partial charge in [-0.1, -0.05) is 42.5 Å². The first kappa shape index (κ1) is 22.8. The molecule has 180 valence electrons. The molecular weight excluding hydrogens is 453 g/mol. The Morgan fingerprint density at radius 2 is 1.83 bits per heavy atom. The number of nitro groups is 1. The highest BCUT2D eigenvalue weighted by molar-refractivity contribution is 6.07. The largest absolute Gasteiger partial charge is 0.493 e. The molecule has 0 bridgehead atoms. The molecule has 1 amide bonds. The van der Waals surface area contributed by atoms with E-state index in [2.05, 4.69) is 10.6 Å². The minimum atomic E-state index is -1.49. The summed E-state index contributed by atoms with van der Waals surface area (Å²) in [6.07, 6.45) is 0. The average Bonchev–Trinajstić information content (AvgIpc) is 3.32. The normalized spacial score (nSPS) is 24.8. The summed E-state index contributed by atoms with van der Waals surface area (Å²) < 4.78 is 25.3. The van der Waals surface area contributed by atoms with E-state index in [1.807, 2.05) is 6.92 Å². The highest BCUT2D eigenvalue weighted by Crippen LogP contribution is 2.50. The first-order valence-electron chi connectivity index (χ1n) is 11.2. The number of carbonyl (C=O) groups excluding carboxylic acids is 1. The van der Waals surface area contributed by atoms with Crippen molar-refractivity contribution in [2.45, 2.75) is 37.1 Å². The van der Waals surface area contributed by atoms with Crippen LogP contribution in [0.25, 0.3) is 0 Å². The SMILES string of the molecule is COc1cc([C@@H]2[C@H](C)N[C@@]3(C(=O)Nc4ccccc43)[C@@H]2[N+](=O)[O-])ccc1OCc1ccccc1F. The lowest BCUT2D eigenvalue weighted by Crippen LogP contribution is -2.54. The summed E-state index contributed by atoms with van der Waals surface area (Å²) >= 11 is 0. The summed E-state index contributed by atoms with van der Waals surface area (Å²) in [4.78, 5) is 25.2. The molecule has 2 aliphatic heterocycles. The van der Waals surface area contributed by atoms with Crippen LogP contribution in [0.3, 0.4) is 0 Å². The number of rotatable bonds is 6. The second kappa shape index (κ2) is 8.66. The molecule has 2 N–H and O–H groups in total. The summed E-state index contributed by atoms with van der Waals surface area (Å²) in [6, 6.07) is 16.8. The topological polar surface area (TPSA) is 103 Å². The molecule has 3 aromatic carbocycles. The Kier molecular flexibility index (Phi) is 5.64. The van der Waals surface area contributed by atoms with Crippen LogP contribution in [-0.4, -0.2) is 30.0 Å². The Morgan fingerprint density at radius 1 is 1.09 bits per heavy atom. The van der Waals surface area contributed by atoms with Crippen LogP contribution in [0.4, 0.5) is 10.1 Å². The van der Waals surface area contributed by atoms with Gasteiger partial charge in [-0.15, -0.1) is 0 Å². The van der Waals surface area contributed by atoms with Gasteiger partial charge in [-0.3, -0.25) is 20.2 Å². The number of amides is 1. The molecule has 1 saturated heterocycles. The molecule has 4 atom stereocenters. The quantitative estimate of drug-likeness (QED) is 0.411. The van der Waals surface area contributed by atoms with E-state index < -0.39 is 29.4 Å². The third kappa shape index (κ3) is 3.59. The number of hydrogen-bond donors (Lipinski definition) is 2. The molecule has 8 nitrogen and oxygen atoms in total. The van der Waals surface area contributed by atoms with Crippen molar-refractivity contribution in [2.24, 2.45) is 0 Å². The van der Waals surface area contributed by atoms with Gasteiger partial charge >= 0.3 is 0 Å². The van der Waals surface area contributed by atoms with E-state index in [1.165, 1.54) is 13.2 Å². The van der Waals surface area contributed by atoms with Crippen LogP contribution >= 0.6 is 0 Å². The lowest BCUT2D eigenvalue weighted by atomic mass is 9.78. The van der Waals surface area contributed by atoms with Gasteiger partial charge in [-0.05, 0) is 36.8 Å². The van der Waals surface area contributed by atoms with Gasteiger partial charge < -0.3 is 14.8 Å². The monoisotopic (exact) mass is 477 g/mol. The van der Waals surface area contributed by atoms with Crippen LogP contribution in [0.5, 0.6) is 11.5 Å². The number of nitrogens with one attached hydrogen (secondary N) is 2. The molecule has 0 aliphatic carbocycles. The molecule has 0 aromatic heterocycles. The Morgan fingerprint density at radius 3 is 2.57 bits per heavy atom. The van der Waals surface area contributed by atoms with Crippen molar-refractivity contribution < 1.29 is 23.6 Å². The molecule has 1 spiro atoms. The van der Waals surface area contributed by atoms with Gasteiger partial charge in [-0.2, -0.15) is 0 Å². The van der Waals surface area contributed by atoms with Gasteiger partial charge in [0.2, 0.25) is 0 Å². The summed E-state index contributed by atoms with van der Waals surface area (Å²) in [5.41, 5.74) is 0.679.